The summed E-state index contributed by atoms with van der Waals surface area (Å²) in [6, 6.07) is 23.3. The Balaban J connectivity index is 2.03. The zero-order valence-electron chi connectivity index (χ0n) is 12.3. The summed E-state index contributed by atoms with van der Waals surface area (Å²) in [7, 11) is 0. The van der Waals surface area contributed by atoms with Crippen molar-refractivity contribution < 1.29 is 5.11 Å². The molecule has 1 aliphatic carbocycles. The van der Waals surface area contributed by atoms with Crippen molar-refractivity contribution in [3.63, 3.8) is 0 Å². The number of rotatable bonds is 0. The first-order chi connectivity index (χ1) is 11.3. The highest BCUT2D eigenvalue weighted by Crippen LogP contribution is 2.52. The molecule has 0 spiro atoms. The van der Waals surface area contributed by atoms with Crippen molar-refractivity contribution >= 4 is 32.3 Å². The van der Waals surface area contributed by atoms with E-state index in [1.165, 1.54) is 43.8 Å². The van der Waals surface area contributed by atoms with Crippen LogP contribution in [0.1, 0.15) is 0 Å². The molecule has 0 saturated heterocycles. The van der Waals surface area contributed by atoms with E-state index in [2.05, 4.69) is 60.7 Å². The van der Waals surface area contributed by atoms with Gasteiger partial charge in [0, 0.05) is 10.8 Å². The third-order valence-electron chi connectivity index (χ3n) is 5.23. The Hall–Kier alpha value is -3.06. The number of fused-ring (bicyclic) bond motifs is 3. The van der Waals surface area contributed by atoms with Crippen LogP contribution < -0.4 is 0 Å². The van der Waals surface area contributed by atoms with Crippen LogP contribution in [0.2, 0.25) is 0 Å². The molecule has 106 valence electrons. The van der Waals surface area contributed by atoms with Gasteiger partial charge in [0.15, 0.2) is 0 Å². The number of hydrogen-bond acceptors (Lipinski definition) is 1. The second kappa shape index (κ2) is 3.64. The number of aromatic hydroxyl groups is 1. The maximum absolute atomic E-state index is 10.5. The van der Waals surface area contributed by atoms with E-state index in [0.29, 0.717) is 5.75 Å². The topological polar surface area (TPSA) is 20.2 Å². The molecule has 5 aromatic rings. The highest BCUT2D eigenvalue weighted by Gasteiger charge is 2.24. The summed E-state index contributed by atoms with van der Waals surface area (Å²) in [5, 5.41) is 17.5. The molecular weight excluding hydrogens is 280 g/mol. The largest absolute Gasteiger partial charge is 0.507 e. The van der Waals surface area contributed by atoms with E-state index in [4.69, 9.17) is 0 Å². The lowest BCUT2D eigenvalue weighted by Gasteiger charge is -2.14. The van der Waals surface area contributed by atoms with E-state index >= 15 is 0 Å². The first-order valence-corrected chi connectivity index (χ1v) is 7.86. The van der Waals surface area contributed by atoms with Crippen molar-refractivity contribution in [2.24, 2.45) is 0 Å². The van der Waals surface area contributed by atoms with Crippen molar-refractivity contribution in [3.05, 3.63) is 66.7 Å². The van der Waals surface area contributed by atoms with Gasteiger partial charge in [-0.1, -0.05) is 48.5 Å². The summed E-state index contributed by atoms with van der Waals surface area (Å²) in [4.78, 5) is 0. The summed E-state index contributed by atoms with van der Waals surface area (Å²) >= 11 is 0. The molecule has 0 saturated carbocycles. The van der Waals surface area contributed by atoms with Gasteiger partial charge >= 0.3 is 0 Å². The smallest absolute Gasteiger partial charge is 0.124 e. The number of hydrogen-bond donors (Lipinski definition) is 1. The molecule has 1 aliphatic rings. The minimum Gasteiger partial charge on any atom is -0.507 e. The van der Waals surface area contributed by atoms with Gasteiger partial charge in [-0.25, -0.2) is 0 Å². The van der Waals surface area contributed by atoms with Gasteiger partial charge in [-0.05, 0) is 62.0 Å². The third-order valence-corrected chi connectivity index (χ3v) is 5.23. The monoisotopic (exact) mass is 292 g/mol. The maximum atomic E-state index is 10.5. The summed E-state index contributed by atoms with van der Waals surface area (Å²) in [6.07, 6.45) is 0. The SMILES string of the molecule is Oc1cc2cccc3cc4c5c(ccc1c5c23)-c1ccccc1-4. The summed E-state index contributed by atoms with van der Waals surface area (Å²) in [5.41, 5.74) is 5.15. The zero-order chi connectivity index (χ0) is 15.1. The van der Waals surface area contributed by atoms with Crippen LogP contribution in [0.4, 0.5) is 0 Å². The lowest BCUT2D eigenvalue weighted by atomic mass is 9.90. The quantitative estimate of drug-likeness (QED) is 0.344. The van der Waals surface area contributed by atoms with Gasteiger partial charge < -0.3 is 5.11 Å². The molecule has 23 heavy (non-hydrogen) atoms. The van der Waals surface area contributed by atoms with Crippen molar-refractivity contribution in [2.45, 2.75) is 0 Å². The van der Waals surface area contributed by atoms with Crippen LogP contribution in [-0.2, 0) is 0 Å². The van der Waals surface area contributed by atoms with E-state index < -0.39 is 0 Å². The standard InChI is InChI=1S/C22H12O/c23-19-11-13-5-3-4-12-10-18-15-7-2-1-6-14(15)16-8-9-17(19)22(20(12)13)21(16)18/h1-11,23H. The van der Waals surface area contributed by atoms with Gasteiger partial charge in [0.2, 0.25) is 0 Å². The molecule has 0 atom stereocenters. The molecule has 0 unspecified atom stereocenters. The first-order valence-electron chi connectivity index (χ1n) is 7.86. The Morgan fingerprint density at radius 3 is 2.09 bits per heavy atom. The molecule has 0 aliphatic heterocycles. The number of phenolic OH excluding ortho intramolecular Hbond substituents is 1. The predicted molar refractivity (Wildman–Crippen MR) is 96.2 cm³/mol. The average Bonchev–Trinajstić information content (AvgIpc) is 2.91. The average molecular weight is 292 g/mol. The summed E-state index contributed by atoms with van der Waals surface area (Å²) < 4.78 is 0. The summed E-state index contributed by atoms with van der Waals surface area (Å²) in [6.45, 7) is 0. The van der Waals surface area contributed by atoms with Crippen LogP contribution in [0.15, 0.2) is 66.7 Å². The molecule has 0 fully saturated rings. The predicted octanol–water partition coefficient (Wildman–Crippen LogP) is 5.94. The molecule has 0 radical (unpaired) electrons. The molecule has 1 heteroatoms. The Morgan fingerprint density at radius 2 is 1.26 bits per heavy atom. The Morgan fingerprint density at radius 1 is 0.522 bits per heavy atom. The molecule has 1 nitrogen and oxygen atoms in total. The first kappa shape index (κ1) is 11.5. The van der Waals surface area contributed by atoms with Crippen molar-refractivity contribution in [2.75, 3.05) is 0 Å². The molecular formula is C22H12O. The Bertz CT molecular complexity index is 1260. The highest BCUT2D eigenvalue weighted by molar-refractivity contribution is 6.32. The fraction of sp³-hybridized carbons (Fsp3) is 0. The van der Waals surface area contributed by atoms with Gasteiger partial charge in [-0.2, -0.15) is 0 Å². The molecule has 0 heterocycles. The minimum atomic E-state index is 0.365. The molecule has 5 aromatic carbocycles. The molecule has 1 N–H and O–H groups in total. The van der Waals surface area contributed by atoms with Gasteiger partial charge in [0.1, 0.15) is 5.75 Å². The van der Waals surface area contributed by atoms with Crippen molar-refractivity contribution in [1.29, 1.82) is 0 Å². The number of phenols is 1. The van der Waals surface area contributed by atoms with Crippen LogP contribution in [-0.4, -0.2) is 5.11 Å². The summed E-state index contributed by atoms with van der Waals surface area (Å²) in [5.74, 6) is 0.365. The van der Waals surface area contributed by atoms with Crippen LogP contribution in [0.3, 0.4) is 0 Å². The third kappa shape index (κ3) is 1.21. The second-order valence-corrected chi connectivity index (χ2v) is 6.36. The van der Waals surface area contributed by atoms with Crippen molar-refractivity contribution in [1.82, 2.24) is 0 Å². The van der Waals surface area contributed by atoms with E-state index in [0.717, 1.165) is 10.8 Å². The maximum Gasteiger partial charge on any atom is 0.124 e. The van der Waals surface area contributed by atoms with Crippen LogP contribution in [0, 0.1) is 0 Å². The van der Waals surface area contributed by atoms with Gasteiger partial charge in [0.05, 0.1) is 0 Å². The van der Waals surface area contributed by atoms with Gasteiger partial charge in [-0.15, -0.1) is 0 Å². The minimum absolute atomic E-state index is 0.365. The lowest BCUT2D eigenvalue weighted by molar-refractivity contribution is 0.482. The molecule has 0 bridgehead atoms. The zero-order valence-corrected chi connectivity index (χ0v) is 12.3. The van der Waals surface area contributed by atoms with E-state index in [1.807, 2.05) is 6.07 Å². The molecule has 6 rings (SSSR count). The van der Waals surface area contributed by atoms with Gasteiger partial charge in [-0.3, -0.25) is 0 Å². The Labute approximate surface area is 132 Å². The van der Waals surface area contributed by atoms with E-state index in [1.54, 1.807) is 0 Å². The molecule has 0 aromatic heterocycles. The highest BCUT2D eigenvalue weighted by atomic mass is 16.3. The van der Waals surface area contributed by atoms with Gasteiger partial charge in [0.25, 0.3) is 0 Å². The number of benzene rings is 5. The van der Waals surface area contributed by atoms with Crippen LogP contribution in [0.5, 0.6) is 5.75 Å². The van der Waals surface area contributed by atoms with Crippen molar-refractivity contribution in [3.8, 4) is 28.0 Å². The van der Waals surface area contributed by atoms with Crippen LogP contribution in [0.25, 0.3) is 54.6 Å². The second-order valence-electron chi connectivity index (χ2n) is 6.36. The van der Waals surface area contributed by atoms with E-state index in [-0.39, 0.29) is 0 Å². The fourth-order valence-electron chi connectivity index (χ4n) is 4.32. The Kier molecular flexibility index (Phi) is 1.82. The van der Waals surface area contributed by atoms with E-state index in [9.17, 15) is 5.11 Å². The lowest BCUT2D eigenvalue weighted by Crippen LogP contribution is -1.86. The fourth-order valence-corrected chi connectivity index (χ4v) is 4.32. The molecule has 0 amide bonds. The van der Waals surface area contributed by atoms with Crippen LogP contribution >= 0.6 is 0 Å². The normalized spacial score (nSPS) is 12.5.